The molecule has 0 radical (unpaired) electrons. The molecule has 26 heavy (non-hydrogen) atoms. The van der Waals surface area contributed by atoms with Crippen molar-refractivity contribution in [3.63, 3.8) is 0 Å². The largest absolute Gasteiger partial charge is 0.342 e. The van der Waals surface area contributed by atoms with Gasteiger partial charge in [0.25, 0.3) is 5.91 Å². The predicted octanol–water partition coefficient (Wildman–Crippen LogP) is 2.26. The van der Waals surface area contributed by atoms with Crippen LogP contribution in [0.15, 0.2) is 29.2 Å². The van der Waals surface area contributed by atoms with E-state index >= 15 is 0 Å². The van der Waals surface area contributed by atoms with Crippen LogP contribution in [-0.4, -0.2) is 52.5 Å². The maximum Gasteiger partial charge on any atom is 0.254 e. The molecule has 1 saturated heterocycles. The minimum absolute atomic E-state index is 0. The average molecular weight is 404 g/mol. The number of amides is 1. The zero-order chi connectivity index (χ0) is 18.3. The zero-order valence-electron chi connectivity index (χ0n) is 15.5. The molecule has 0 aromatic heterocycles. The van der Waals surface area contributed by atoms with E-state index in [9.17, 15) is 13.2 Å². The second-order valence-corrected chi connectivity index (χ2v) is 8.36. The fourth-order valence-electron chi connectivity index (χ4n) is 3.02. The van der Waals surface area contributed by atoms with Gasteiger partial charge in [0.15, 0.2) is 0 Å². The van der Waals surface area contributed by atoms with Crippen LogP contribution in [-0.2, 0) is 10.0 Å². The highest BCUT2D eigenvalue weighted by atomic mass is 35.5. The van der Waals surface area contributed by atoms with E-state index in [0.29, 0.717) is 19.0 Å². The summed E-state index contributed by atoms with van der Waals surface area (Å²) < 4.78 is 28.0. The number of hydrogen-bond donors (Lipinski definition) is 2. The summed E-state index contributed by atoms with van der Waals surface area (Å²) in [6, 6.07) is 6.43. The van der Waals surface area contributed by atoms with Gasteiger partial charge in [-0.05, 0) is 50.4 Å². The molecule has 1 aliphatic heterocycles. The van der Waals surface area contributed by atoms with E-state index in [4.69, 9.17) is 0 Å². The quantitative estimate of drug-likeness (QED) is 0.662. The molecule has 0 spiro atoms. The lowest BCUT2D eigenvalue weighted by Gasteiger charge is -2.19. The van der Waals surface area contributed by atoms with Crippen LogP contribution in [0, 0.1) is 5.92 Å². The SMILES string of the molecule is CCCCN(C)C(=O)c1ccccc1S(=O)(=O)NCCC1CCNC1.Cl. The standard InChI is InChI=1S/C18H29N3O3S.ClH/c1-3-4-13-21(2)18(22)16-7-5-6-8-17(16)25(23,24)20-12-10-15-9-11-19-14-15;/h5-8,15,19-20H,3-4,9-14H2,1-2H3;1H. The van der Waals surface area contributed by atoms with Gasteiger partial charge < -0.3 is 10.2 Å². The third-order valence-corrected chi connectivity index (χ3v) is 6.13. The highest BCUT2D eigenvalue weighted by Crippen LogP contribution is 2.18. The lowest BCUT2D eigenvalue weighted by molar-refractivity contribution is 0.0789. The van der Waals surface area contributed by atoms with Gasteiger partial charge in [-0.25, -0.2) is 13.1 Å². The number of benzene rings is 1. The highest BCUT2D eigenvalue weighted by Gasteiger charge is 2.24. The maximum absolute atomic E-state index is 12.7. The molecule has 2 N–H and O–H groups in total. The van der Waals surface area contributed by atoms with Gasteiger partial charge in [0.1, 0.15) is 0 Å². The second-order valence-electron chi connectivity index (χ2n) is 6.62. The minimum Gasteiger partial charge on any atom is -0.342 e. The minimum atomic E-state index is -3.70. The fourth-order valence-corrected chi connectivity index (χ4v) is 4.26. The van der Waals surface area contributed by atoms with Crippen LogP contribution in [0.4, 0.5) is 0 Å². The Morgan fingerprint density at radius 1 is 1.35 bits per heavy atom. The summed E-state index contributed by atoms with van der Waals surface area (Å²) in [6.07, 6.45) is 3.76. The summed E-state index contributed by atoms with van der Waals surface area (Å²) in [5.41, 5.74) is 0.233. The van der Waals surface area contributed by atoms with Crippen molar-refractivity contribution in [2.45, 2.75) is 37.5 Å². The van der Waals surface area contributed by atoms with E-state index in [1.807, 2.05) is 0 Å². The average Bonchev–Trinajstić information content (AvgIpc) is 3.12. The Balaban J connectivity index is 0.00000338. The molecule has 148 valence electrons. The lowest BCUT2D eigenvalue weighted by atomic mass is 10.1. The molecule has 0 aliphatic carbocycles. The number of hydrogen-bond acceptors (Lipinski definition) is 4. The first-order valence-corrected chi connectivity index (χ1v) is 10.5. The molecule has 0 saturated carbocycles. The Bertz CT molecular complexity index is 676. The Morgan fingerprint density at radius 3 is 2.73 bits per heavy atom. The van der Waals surface area contributed by atoms with E-state index in [1.54, 1.807) is 30.1 Å². The second kappa shape index (κ2) is 10.9. The fraction of sp³-hybridized carbons (Fsp3) is 0.611. The number of halogens is 1. The van der Waals surface area contributed by atoms with Gasteiger partial charge in [-0.2, -0.15) is 0 Å². The molecule has 6 nitrogen and oxygen atoms in total. The first-order chi connectivity index (χ1) is 12.0. The van der Waals surface area contributed by atoms with Crippen LogP contribution >= 0.6 is 12.4 Å². The van der Waals surface area contributed by atoms with E-state index in [0.717, 1.165) is 38.8 Å². The summed E-state index contributed by atoms with van der Waals surface area (Å²) in [7, 11) is -1.99. The van der Waals surface area contributed by atoms with E-state index < -0.39 is 10.0 Å². The van der Waals surface area contributed by atoms with E-state index in [2.05, 4.69) is 17.0 Å². The summed E-state index contributed by atoms with van der Waals surface area (Å²) in [5.74, 6) is 0.258. The molecule has 1 atom stereocenters. The van der Waals surface area contributed by atoms with Crippen LogP contribution < -0.4 is 10.0 Å². The molecule has 8 heteroatoms. The number of nitrogens with one attached hydrogen (secondary N) is 2. The Kier molecular flexibility index (Phi) is 9.57. The number of sulfonamides is 1. The zero-order valence-corrected chi connectivity index (χ0v) is 17.2. The summed E-state index contributed by atoms with van der Waals surface area (Å²) in [6.45, 7) is 5.01. The molecule has 1 amide bonds. The van der Waals surface area contributed by atoms with E-state index in [1.165, 1.54) is 6.07 Å². The van der Waals surface area contributed by atoms with Gasteiger partial charge in [-0.1, -0.05) is 25.5 Å². The number of carbonyl (C=O) groups is 1. The summed E-state index contributed by atoms with van der Waals surface area (Å²) in [5, 5.41) is 3.28. The van der Waals surface area contributed by atoms with Crippen LogP contribution in [0.2, 0.25) is 0 Å². The first-order valence-electron chi connectivity index (χ1n) is 9.00. The Labute approximate surface area is 163 Å². The molecule has 1 aromatic rings. The third-order valence-electron chi connectivity index (χ3n) is 4.61. The lowest BCUT2D eigenvalue weighted by Crippen LogP contribution is -2.32. The van der Waals surface area contributed by atoms with Crippen LogP contribution in [0.25, 0.3) is 0 Å². The van der Waals surface area contributed by atoms with Crippen LogP contribution in [0.1, 0.15) is 43.0 Å². The summed E-state index contributed by atoms with van der Waals surface area (Å²) in [4.78, 5) is 14.3. The van der Waals surface area contributed by atoms with Gasteiger partial charge in [-0.15, -0.1) is 12.4 Å². The Morgan fingerprint density at radius 2 is 2.08 bits per heavy atom. The molecule has 0 bridgehead atoms. The molecular formula is C18H30ClN3O3S. The van der Waals surface area contributed by atoms with Crippen molar-refractivity contribution in [2.24, 2.45) is 5.92 Å². The normalized spacial score (nSPS) is 16.9. The van der Waals surface area contributed by atoms with Gasteiger partial charge >= 0.3 is 0 Å². The molecule has 1 aromatic carbocycles. The van der Waals surface area contributed by atoms with Crippen molar-refractivity contribution >= 4 is 28.3 Å². The molecule has 1 aliphatic rings. The monoisotopic (exact) mass is 403 g/mol. The Hall–Kier alpha value is -1.15. The smallest absolute Gasteiger partial charge is 0.254 e. The topological polar surface area (TPSA) is 78.5 Å². The number of carbonyl (C=O) groups excluding carboxylic acids is 1. The van der Waals surface area contributed by atoms with Gasteiger partial charge in [0, 0.05) is 20.1 Å². The molecule has 1 fully saturated rings. The van der Waals surface area contributed by atoms with Gasteiger partial charge in [0.2, 0.25) is 10.0 Å². The number of nitrogens with zero attached hydrogens (tertiary/aromatic N) is 1. The molecule has 1 heterocycles. The third kappa shape index (κ3) is 6.23. The highest BCUT2D eigenvalue weighted by molar-refractivity contribution is 7.89. The van der Waals surface area contributed by atoms with Crippen molar-refractivity contribution in [1.82, 2.24) is 14.9 Å². The van der Waals surface area contributed by atoms with Crippen molar-refractivity contribution in [2.75, 3.05) is 33.2 Å². The molecular weight excluding hydrogens is 374 g/mol. The van der Waals surface area contributed by atoms with Gasteiger partial charge in [0.05, 0.1) is 10.5 Å². The van der Waals surface area contributed by atoms with Crippen molar-refractivity contribution in [3.8, 4) is 0 Å². The van der Waals surface area contributed by atoms with Gasteiger partial charge in [-0.3, -0.25) is 4.79 Å². The molecule has 2 rings (SSSR count). The van der Waals surface area contributed by atoms with E-state index in [-0.39, 0.29) is 28.8 Å². The van der Waals surface area contributed by atoms with Crippen molar-refractivity contribution < 1.29 is 13.2 Å². The maximum atomic E-state index is 12.7. The predicted molar refractivity (Wildman–Crippen MR) is 106 cm³/mol. The number of unbranched alkanes of at least 4 members (excludes halogenated alkanes) is 1. The van der Waals surface area contributed by atoms with Crippen LogP contribution in [0.3, 0.4) is 0 Å². The van der Waals surface area contributed by atoms with Crippen LogP contribution in [0.5, 0.6) is 0 Å². The van der Waals surface area contributed by atoms with Crippen molar-refractivity contribution in [1.29, 1.82) is 0 Å². The first kappa shape index (κ1) is 22.9. The number of rotatable bonds is 9. The molecule has 1 unspecified atom stereocenters. The summed E-state index contributed by atoms with van der Waals surface area (Å²) >= 11 is 0. The van der Waals surface area contributed by atoms with Crippen molar-refractivity contribution in [3.05, 3.63) is 29.8 Å².